The summed E-state index contributed by atoms with van der Waals surface area (Å²) in [6, 6.07) is 9.35. The zero-order valence-corrected chi connectivity index (χ0v) is 19.3. The molecule has 172 valence electrons. The van der Waals surface area contributed by atoms with E-state index in [0.717, 1.165) is 54.8 Å². The fourth-order valence-electron chi connectivity index (χ4n) is 5.13. The van der Waals surface area contributed by atoms with Gasteiger partial charge in [-0.05, 0) is 66.8 Å². The summed E-state index contributed by atoms with van der Waals surface area (Å²) in [4.78, 5) is 24.0. The third-order valence-corrected chi connectivity index (χ3v) is 7.45. The number of nitrogens with one attached hydrogen (secondary N) is 1. The van der Waals surface area contributed by atoms with E-state index in [2.05, 4.69) is 31.4 Å². The number of carbonyl (C=O) groups excluding carboxylic acids is 1. The molecule has 2 aliphatic carbocycles. The summed E-state index contributed by atoms with van der Waals surface area (Å²) in [5.74, 6) is 2.53. The first kappa shape index (κ1) is 21.1. The van der Waals surface area contributed by atoms with Gasteiger partial charge >= 0.3 is 0 Å². The van der Waals surface area contributed by atoms with Gasteiger partial charge in [0.25, 0.3) is 5.91 Å². The SMILES string of the molecule is N#Cc1ccc(Cl)cc1[C@H]1C[C@@H](NC(=O)c2ccn(Cc3cnc(N4CC5CC5C4)nc3)n2)C1. The van der Waals surface area contributed by atoms with Crippen LogP contribution in [0.25, 0.3) is 0 Å². The van der Waals surface area contributed by atoms with Crippen LogP contribution in [0.2, 0.25) is 5.02 Å². The van der Waals surface area contributed by atoms with Gasteiger partial charge in [-0.25, -0.2) is 9.97 Å². The molecule has 0 bridgehead atoms. The molecule has 2 unspecified atom stereocenters. The lowest BCUT2D eigenvalue weighted by atomic mass is 9.74. The number of hydrogen-bond donors (Lipinski definition) is 1. The predicted octanol–water partition coefficient (Wildman–Crippen LogP) is 3.38. The maximum atomic E-state index is 12.7. The highest BCUT2D eigenvalue weighted by atomic mass is 35.5. The topological polar surface area (TPSA) is 99.7 Å². The first-order valence-corrected chi connectivity index (χ1v) is 12.0. The Morgan fingerprint density at radius 3 is 2.65 bits per heavy atom. The van der Waals surface area contributed by atoms with E-state index in [-0.39, 0.29) is 17.9 Å². The van der Waals surface area contributed by atoms with E-state index in [1.807, 2.05) is 18.5 Å². The zero-order valence-electron chi connectivity index (χ0n) is 18.6. The number of nitriles is 1. The second-order valence-electron chi connectivity index (χ2n) is 9.63. The Bertz CT molecular complexity index is 1270. The van der Waals surface area contributed by atoms with Crippen molar-refractivity contribution in [2.24, 2.45) is 11.8 Å². The molecule has 1 aromatic carbocycles. The number of halogens is 1. The van der Waals surface area contributed by atoms with E-state index in [9.17, 15) is 10.1 Å². The summed E-state index contributed by atoms with van der Waals surface area (Å²) < 4.78 is 1.73. The zero-order chi connectivity index (χ0) is 23.2. The Kier molecular flexibility index (Phi) is 5.22. The summed E-state index contributed by atoms with van der Waals surface area (Å²) in [7, 11) is 0. The van der Waals surface area contributed by atoms with Gasteiger partial charge in [-0.2, -0.15) is 10.4 Å². The molecule has 2 atom stereocenters. The number of rotatable bonds is 6. The van der Waals surface area contributed by atoms with Crippen molar-refractivity contribution in [3.05, 3.63) is 70.3 Å². The molecular weight excluding hydrogens is 450 g/mol. The van der Waals surface area contributed by atoms with Gasteiger partial charge in [-0.1, -0.05) is 11.6 Å². The molecule has 2 aromatic heterocycles. The van der Waals surface area contributed by atoms with Crippen molar-refractivity contribution in [2.75, 3.05) is 18.0 Å². The minimum Gasteiger partial charge on any atom is -0.348 e. The van der Waals surface area contributed by atoms with Gasteiger partial charge in [-0.15, -0.1) is 0 Å². The fourth-order valence-corrected chi connectivity index (χ4v) is 5.32. The number of aromatic nitrogens is 4. The van der Waals surface area contributed by atoms with E-state index >= 15 is 0 Å². The van der Waals surface area contributed by atoms with Gasteiger partial charge in [-0.3, -0.25) is 9.48 Å². The van der Waals surface area contributed by atoms with Gasteiger partial charge in [0.15, 0.2) is 0 Å². The van der Waals surface area contributed by atoms with Crippen LogP contribution in [0.5, 0.6) is 0 Å². The van der Waals surface area contributed by atoms with Crippen LogP contribution in [0.15, 0.2) is 42.9 Å². The number of benzene rings is 1. The van der Waals surface area contributed by atoms with Crippen molar-refractivity contribution in [1.29, 1.82) is 5.26 Å². The second-order valence-corrected chi connectivity index (χ2v) is 10.1. The highest BCUT2D eigenvalue weighted by molar-refractivity contribution is 6.30. The van der Waals surface area contributed by atoms with Crippen molar-refractivity contribution in [3.8, 4) is 6.07 Å². The summed E-state index contributed by atoms with van der Waals surface area (Å²) >= 11 is 6.10. The standard InChI is InChI=1S/C25H24ClN7O/c26-20-2-1-16(9-27)22(8-20)17-6-21(7-17)30-24(34)23-3-4-33(31-23)12-15-10-28-25(29-11-15)32-13-18-5-19(18)14-32/h1-4,8,10-11,17-19,21H,5-7,12-14H2,(H,30,34)/t17-,18?,19?,21+. The molecule has 1 N–H and O–H groups in total. The largest absolute Gasteiger partial charge is 0.348 e. The minimum atomic E-state index is -0.187. The average Bonchev–Trinajstić information content (AvgIpc) is 3.18. The van der Waals surface area contributed by atoms with Gasteiger partial charge in [0.2, 0.25) is 5.95 Å². The van der Waals surface area contributed by atoms with Gasteiger partial charge < -0.3 is 10.2 Å². The number of anilines is 1. The van der Waals surface area contributed by atoms with Crippen LogP contribution < -0.4 is 10.2 Å². The molecule has 3 aliphatic rings. The number of amides is 1. The summed E-state index contributed by atoms with van der Waals surface area (Å²) in [5.41, 5.74) is 2.93. The van der Waals surface area contributed by atoms with Crippen LogP contribution in [0.4, 0.5) is 5.95 Å². The smallest absolute Gasteiger partial charge is 0.271 e. The lowest BCUT2D eigenvalue weighted by Gasteiger charge is -2.36. The Balaban J connectivity index is 1.02. The second kappa shape index (κ2) is 8.41. The van der Waals surface area contributed by atoms with E-state index in [0.29, 0.717) is 22.8 Å². The number of fused-ring (bicyclic) bond motifs is 1. The Hall–Kier alpha value is -3.44. The highest BCUT2D eigenvalue weighted by Gasteiger charge is 2.45. The van der Waals surface area contributed by atoms with E-state index < -0.39 is 0 Å². The molecule has 0 spiro atoms. The predicted molar refractivity (Wildman–Crippen MR) is 127 cm³/mol. The summed E-state index contributed by atoms with van der Waals surface area (Å²) in [6.45, 7) is 2.65. The molecule has 2 saturated carbocycles. The highest BCUT2D eigenvalue weighted by Crippen LogP contribution is 2.45. The van der Waals surface area contributed by atoms with Gasteiger partial charge in [0, 0.05) is 48.3 Å². The van der Waals surface area contributed by atoms with E-state index in [1.165, 1.54) is 6.42 Å². The van der Waals surface area contributed by atoms with Crippen LogP contribution in [0.1, 0.15) is 52.4 Å². The molecule has 3 aromatic rings. The Morgan fingerprint density at radius 1 is 1.15 bits per heavy atom. The van der Waals surface area contributed by atoms with Crippen LogP contribution in [0.3, 0.4) is 0 Å². The van der Waals surface area contributed by atoms with Crippen LogP contribution in [-0.4, -0.2) is 44.8 Å². The molecule has 9 heteroatoms. The van der Waals surface area contributed by atoms with Gasteiger partial charge in [0.1, 0.15) is 5.69 Å². The molecule has 34 heavy (non-hydrogen) atoms. The molecule has 8 nitrogen and oxygen atoms in total. The van der Waals surface area contributed by atoms with Crippen molar-refractivity contribution >= 4 is 23.5 Å². The normalized spacial score (nSPS) is 24.8. The number of hydrogen-bond acceptors (Lipinski definition) is 6. The van der Waals surface area contributed by atoms with Gasteiger partial charge in [0.05, 0.1) is 18.2 Å². The van der Waals surface area contributed by atoms with E-state index in [1.54, 1.807) is 29.1 Å². The van der Waals surface area contributed by atoms with Crippen LogP contribution in [0, 0.1) is 23.2 Å². The van der Waals surface area contributed by atoms with Crippen LogP contribution >= 0.6 is 11.6 Å². The lowest BCUT2D eigenvalue weighted by Crippen LogP contribution is -2.43. The quantitative estimate of drug-likeness (QED) is 0.589. The van der Waals surface area contributed by atoms with Crippen molar-refractivity contribution in [3.63, 3.8) is 0 Å². The summed E-state index contributed by atoms with van der Waals surface area (Å²) in [6.07, 6.45) is 8.40. The first-order valence-electron chi connectivity index (χ1n) is 11.7. The first-order chi connectivity index (χ1) is 16.6. The fraction of sp³-hybridized carbons (Fsp3) is 0.400. The minimum absolute atomic E-state index is 0.0609. The Morgan fingerprint density at radius 2 is 1.91 bits per heavy atom. The number of piperidine rings is 1. The van der Waals surface area contributed by atoms with Crippen molar-refractivity contribution < 1.29 is 4.79 Å². The molecule has 1 saturated heterocycles. The lowest BCUT2D eigenvalue weighted by molar-refractivity contribution is 0.0903. The molecule has 3 heterocycles. The maximum Gasteiger partial charge on any atom is 0.271 e. The monoisotopic (exact) mass is 473 g/mol. The third-order valence-electron chi connectivity index (χ3n) is 7.22. The van der Waals surface area contributed by atoms with Crippen molar-refractivity contribution in [1.82, 2.24) is 25.1 Å². The number of carbonyl (C=O) groups is 1. The third kappa shape index (κ3) is 4.12. The summed E-state index contributed by atoms with van der Waals surface area (Å²) in [5, 5.41) is 17.4. The molecule has 0 radical (unpaired) electrons. The molecule has 6 rings (SSSR count). The molecule has 3 fully saturated rings. The molecule has 1 amide bonds. The van der Waals surface area contributed by atoms with Crippen molar-refractivity contribution in [2.45, 2.75) is 37.8 Å². The molecular formula is C25H24ClN7O. The van der Waals surface area contributed by atoms with E-state index in [4.69, 9.17) is 11.6 Å². The average molecular weight is 474 g/mol. The number of nitrogens with zero attached hydrogens (tertiary/aromatic N) is 6. The van der Waals surface area contributed by atoms with Crippen LogP contribution in [-0.2, 0) is 6.54 Å². The maximum absolute atomic E-state index is 12.7. The Labute approximate surface area is 202 Å². The molecule has 1 aliphatic heterocycles.